The second kappa shape index (κ2) is 9.85. The Morgan fingerprint density at radius 1 is 1.14 bits per heavy atom. The number of rotatable bonds is 8. The molecule has 0 saturated carbocycles. The monoisotopic (exact) mass is 383 g/mol. The number of likely N-dealkylation sites (N-methyl/N-ethyl adjacent to an activating group) is 1. The van der Waals surface area contributed by atoms with Crippen molar-refractivity contribution in [2.45, 2.75) is 33.7 Å². The summed E-state index contributed by atoms with van der Waals surface area (Å²) < 4.78 is 2.16. The third kappa shape index (κ3) is 5.20. The molecule has 28 heavy (non-hydrogen) atoms. The van der Waals surface area contributed by atoms with Gasteiger partial charge in [-0.15, -0.1) is 0 Å². The summed E-state index contributed by atoms with van der Waals surface area (Å²) in [6.45, 7) is 14.5. The van der Waals surface area contributed by atoms with E-state index in [0.717, 1.165) is 74.9 Å². The highest BCUT2D eigenvalue weighted by molar-refractivity contribution is 5.95. The molecule has 1 aliphatic rings. The van der Waals surface area contributed by atoms with Gasteiger partial charge in [0.25, 0.3) is 5.91 Å². The van der Waals surface area contributed by atoms with Crippen molar-refractivity contribution >= 4 is 5.91 Å². The maximum atomic E-state index is 12.7. The molecule has 0 unspecified atom stereocenters. The number of carbonyl (C=O) groups is 1. The van der Waals surface area contributed by atoms with Gasteiger partial charge in [0.05, 0.1) is 17.8 Å². The largest absolute Gasteiger partial charge is 0.352 e. The van der Waals surface area contributed by atoms with Crippen molar-refractivity contribution < 1.29 is 4.79 Å². The van der Waals surface area contributed by atoms with Crippen LogP contribution in [0.15, 0.2) is 30.5 Å². The van der Waals surface area contributed by atoms with Gasteiger partial charge in [0, 0.05) is 50.3 Å². The van der Waals surface area contributed by atoms with Crippen molar-refractivity contribution in [2.75, 3.05) is 45.8 Å². The van der Waals surface area contributed by atoms with Crippen LogP contribution in [-0.2, 0) is 6.54 Å². The van der Waals surface area contributed by atoms with E-state index in [1.165, 1.54) is 0 Å². The van der Waals surface area contributed by atoms with E-state index in [0.29, 0.717) is 6.54 Å². The summed E-state index contributed by atoms with van der Waals surface area (Å²) >= 11 is 0. The van der Waals surface area contributed by atoms with E-state index in [4.69, 9.17) is 0 Å². The van der Waals surface area contributed by atoms with Crippen LogP contribution in [0, 0.1) is 13.8 Å². The molecule has 152 valence electrons. The molecular weight excluding hydrogens is 350 g/mol. The fourth-order valence-corrected chi connectivity index (χ4v) is 3.86. The summed E-state index contributed by atoms with van der Waals surface area (Å²) in [6.07, 6.45) is 2.80. The predicted molar refractivity (Wildman–Crippen MR) is 113 cm³/mol. The molecule has 2 aromatic rings. The smallest absolute Gasteiger partial charge is 0.253 e. The van der Waals surface area contributed by atoms with Crippen LogP contribution in [0.25, 0.3) is 0 Å². The van der Waals surface area contributed by atoms with E-state index in [2.05, 4.69) is 31.6 Å². The number of amides is 1. The molecule has 2 aromatic heterocycles. The van der Waals surface area contributed by atoms with Crippen LogP contribution in [0.1, 0.15) is 40.8 Å². The van der Waals surface area contributed by atoms with Gasteiger partial charge in [-0.1, -0.05) is 13.0 Å². The first kappa shape index (κ1) is 20.6. The number of nitrogens with zero attached hydrogens (tertiary/aromatic N) is 4. The van der Waals surface area contributed by atoms with Gasteiger partial charge in [-0.05, 0) is 51.6 Å². The molecule has 3 rings (SSSR count). The Kier molecular flexibility index (Phi) is 7.23. The van der Waals surface area contributed by atoms with E-state index in [1.54, 1.807) is 6.20 Å². The zero-order chi connectivity index (χ0) is 19.9. The minimum absolute atomic E-state index is 0.0242. The third-order valence-corrected chi connectivity index (χ3v) is 5.71. The van der Waals surface area contributed by atoms with Crippen LogP contribution < -0.4 is 5.32 Å². The average molecular weight is 384 g/mol. The SMILES string of the molecule is CCN1CCN(CCCNC(=O)c2cc(C)n(Cc3ccccn3)c2C)CC1. The maximum absolute atomic E-state index is 12.7. The average Bonchev–Trinajstić information content (AvgIpc) is 3.00. The fourth-order valence-electron chi connectivity index (χ4n) is 3.86. The van der Waals surface area contributed by atoms with Gasteiger partial charge in [-0.25, -0.2) is 0 Å². The Hall–Kier alpha value is -2.18. The first-order chi connectivity index (χ1) is 13.6. The summed E-state index contributed by atoms with van der Waals surface area (Å²) in [6, 6.07) is 7.91. The molecule has 0 atom stereocenters. The predicted octanol–water partition coefficient (Wildman–Crippen LogP) is 2.31. The van der Waals surface area contributed by atoms with Crippen LogP contribution >= 0.6 is 0 Å². The topological polar surface area (TPSA) is 53.4 Å². The van der Waals surface area contributed by atoms with E-state index in [1.807, 2.05) is 38.1 Å². The molecule has 1 fully saturated rings. The van der Waals surface area contributed by atoms with Crippen LogP contribution in [-0.4, -0.2) is 71.1 Å². The minimum atomic E-state index is 0.0242. The molecule has 0 aliphatic carbocycles. The summed E-state index contributed by atoms with van der Waals surface area (Å²) in [5, 5.41) is 3.10. The molecule has 1 N–H and O–H groups in total. The molecule has 0 aromatic carbocycles. The van der Waals surface area contributed by atoms with Gasteiger partial charge in [0.15, 0.2) is 0 Å². The lowest BCUT2D eigenvalue weighted by molar-refractivity contribution is 0.0947. The van der Waals surface area contributed by atoms with E-state index in [9.17, 15) is 4.79 Å². The molecule has 1 aliphatic heterocycles. The number of hydrogen-bond acceptors (Lipinski definition) is 4. The summed E-state index contributed by atoms with van der Waals surface area (Å²) in [5.41, 5.74) is 3.85. The Bertz CT molecular complexity index is 763. The maximum Gasteiger partial charge on any atom is 0.253 e. The highest BCUT2D eigenvalue weighted by Gasteiger charge is 2.17. The van der Waals surface area contributed by atoms with Crippen LogP contribution in [0.4, 0.5) is 0 Å². The Morgan fingerprint density at radius 2 is 1.89 bits per heavy atom. The summed E-state index contributed by atoms with van der Waals surface area (Å²) in [4.78, 5) is 22.0. The Balaban J connectivity index is 1.47. The van der Waals surface area contributed by atoms with Gasteiger partial charge < -0.3 is 19.7 Å². The van der Waals surface area contributed by atoms with Crippen molar-refractivity contribution in [3.05, 3.63) is 53.1 Å². The molecular formula is C22H33N5O. The molecule has 0 spiro atoms. The molecule has 6 nitrogen and oxygen atoms in total. The van der Waals surface area contributed by atoms with Crippen LogP contribution in [0.3, 0.4) is 0 Å². The number of pyridine rings is 1. The highest BCUT2D eigenvalue weighted by atomic mass is 16.1. The normalized spacial score (nSPS) is 15.7. The fraction of sp³-hybridized carbons (Fsp3) is 0.545. The number of aryl methyl sites for hydroxylation is 1. The zero-order valence-corrected chi connectivity index (χ0v) is 17.4. The first-order valence-electron chi connectivity index (χ1n) is 10.4. The Labute approximate surface area is 168 Å². The first-order valence-corrected chi connectivity index (χ1v) is 10.4. The van der Waals surface area contributed by atoms with E-state index >= 15 is 0 Å². The number of aromatic nitrogens is 2. The summed E-state index contributed by atoms with van der Waals surface area (Å²) in [7, 11) is 0. The van der Waals surface area contributed by atoms with Crippen molar-refractivity contribution in [1.82, 2.24) is 24.7 Å². The Morgan fingerprint density at radius 3 is 2.57 bits per heavy atom. The van der Waals surface area contributed by atoms with Crippen molar-refractivity contribution in [3.8, 4) is 0 Å². The van der Waals surface area contributed by atoms with Crippen LogP contribution in [0.2, 0.25) is 0 Å². The zero-order valence-electron chi connectivity index (χ0n) is 17.4. The molecule has 1 saturated heterocycles. The molecule has 0 radical (unpaired) electrons. The number of piperazine rings is 1. The van der Waals surface area contributed by atoms with Crippen molar-refractivity contribution in [2.24, 2.45) is 0 Å². The second-order valence-electron chi connectivity index (χ2n) is 7.58. The molecule has 6 heteroatoms. The van der Waals surface area contributed by atoms with E-state index < -0.39 is 0 Å². The van der Waals surface area contributed by atoms with Gasteiger partial charge in [-0.3, -0.25) is 9.78 Å². The third-order valence-electron chi connectivity index (χ3n) is 5.71. The lowest BCUT2D eigenvalue weighted by Gasteiger charge is -2.33. The van der Waals surface area contributed by atoms with Gasteiger partial charge >= 0.3 is 0 Å². The van der Waals surface area contributed by atoms with Gasteiger partial charge in [0.2, 0.25) is 0 Å². The molecule has 1 amide bonds. The second-order valence-corrected chi connectivity index (χ2v) is 7.58. The quantitative estimate of drug-likeness (QED) is 0.711. The minimum Gasteiger partial charge on any atom is -0.352 e. The van der Waals surface area contributed by atoms with Gasteiger partial charge in [-0.2, -0.15) is 0 Å². The number of hydrogen-bond donors (Lipinski definition) is 1. The van der Waals surface area contributed by atoms with Crippen LogP contribution in [0.5, 0.6) is 0 Å². The standard InChI is InChI=1S/C22H33N5O/c1-4-25-12-14-26(15-13-25)11-7-10-24-22(28)21-16-18(2)27(19(21)3)17-20-8-5-6-9-23-20/h5-6,8-9,16H,4,7,10-15,17H2,1-3H3,(H,24,28). The van der Waals surface area contributed by atoms with Crippen molar-refractivity contribution in [3.63, 3.8) is 0 Å². The number of nitrogens with one attached hydrogen (secondary N) is 1. The molecule has 3 heterocycles. The number of carbonyl (C=O) groups excluding carboxylic acids is 1. The lowest BCUT2D eigenvalue weighted by atomic mass is 10.2. The lowest BCUT2D eigenvalue weighted by Crippen LogP contribution is -2.46. The molecule has 0 bridgehead atoms. The van der Waals surface area contributed by atoms with Crippen molar-refractivity contribution in [1.29, 1.82) is 0 Å². The van der Waals surface area contributed by atoms with E-state index in [-0.39, 0.29) is 5.91 Å². The van der Waals surface area contributed by atoms with Gasteiger partial charge in [0.1, 0.15) is 0 Å². The highest BCUT2D eigenvalue weighted by Crippen LogP contribution is 2.16. The summed E-state index contributed by atoms with van der Waals surface area (Å²) in [5.74, 6) is 0.0242.